The van der Waals surface area contributed by atoms with Crippen molar-refractivity contribution in [3.63, 3.8) is 0 Å². The molecule has 1 spiro atoms. The topological polar surface area (TPSA) is 15.3 Å². The minimum Gasteiger partial charge on any atom is -0.369 e. The molecule has 1 aliphatic carbocycles. The van der Waals surface area contributed by atoms with Gasteiger partial charge in [-0.05, 0) is 25.8 Å². The third-order valence-corrected chi connectivity index (χ3v) is 4.49. The fourth-order valence-corrected chi connectivity index (χ4v) is 3.46. The Balaban J connectivity index is 1.88. The Bertz CT molecular complexity index is 475. The summed E-state index contributed by atoms with van der Waals surface area (Å²) in [6, 6.07) is 2.21. The molecule has 2 nitrogen and oxygen atoms in total. The lowest BCUT2D eigenvalue weighted by Crippen LogP contribution is -2.49. The van der Waals surface area contributed by atoms with Crippen LogP contribution in [0.2, 0.25) is 0 Å². The average molecular weight is 284 g/mol. The summed E-state index contributed by atoms with van der Waals surface area (Å²) in [6.45, 7) is 2.39. The maximum atomic E-state index is 13.4. The van der Waals surface area contributed by atoms with E-state index in [2.05, 4.69) is 5.32 Å². The highest BCUT2D eigenvalue weighted by molar-refractivity contribution is 5.48. The number of rotatable bonds is 1. The van der Waals surface area contributed by atoms with Gasteiger partial charge < -0.3 is 10.2 Å². The zero-order valence-corrected chi connectivity index (χ0v) is 11.4. The maximum Gasteiger partial charge on any atom is 0.194 e. The lowest BCUT2D eigenvalue weighted by atomic mass is 9.97. The molecule has 0 atom stereocenters. The Morgan fingerprint density at radius 2 is 1.65 bits per heavy atom. The molecule has 1 saturated heterocycles. The molecular weight excluding hydrogens is 265 g/mol. The lowest BCUT2D eigenvalue weighted by molar-refractivity contribution is 0.354. The molecule has 0 amide bonds. The number of nitrogens with one attached hydrogen (secondary N) is 1. The molecule has 2 aliphatic rings. The van der Waals surface area contributed by atoms with Crippen molar-refractivity contribution in [3.8, 4) is 0 Å². The van der Waals surface area contributed by atoms with Crippen LogP contribution in [0, 0.1) is 17.5 Å². The summed E-state index contributed by atoms with van der Waals surface area (Å²) in [5, 5.41) is 3.59. The third kappa shape index (κ3) is 2.51. The Kier molecular flexibility index (Phi) is 3.63. The maximum absolute atomic E-state index is 13.4. The summed E-state index contributed by atoms with van der Waals surface area (Å²) >= 11 is 0. The quantitative estimate of drug-likeness (QED) is 0.797. The van der Waals surface area contributed by atoms with Gasteiger partial charge in [-0.3, -0.25) is 0 Å². The highest BCUT2D eigenvalue weighted by atomic mass is 19.2. The highest BCUT2D eigenvalue weighted by Crippen LogP contribution is 2.33. The molecule has 3 rings (SSSR count). The van der Waals surface area contributed by atoms with Crippen LogP contribution < -0.4 is 10.2 Å². The van der Waals surface area contributed by atoms with Crippen LogP contribution in [0.25, 0.3) is 0 Å². The predicted octanol–water partition coefficient (Wildman–Crippen LogP) is 3.22. The summed E-state index contributed by atoms with van der Waals surface area (Å²) in [7, 11) is 0. The SMILES string of the molecule is Fc1cc(N2CCCNC3(CCCC3)C2)cc(F)c1F. The van der Waals surface area contributed by atoms with Gasteiger partial charge in [0.05, 0.1) is 0 Å². The normalized spacial score (nSPS) is 22.2. The summed E-state index contributed by atoms with van der Waals surface area (Å²) in [5.41, 5.74) is 0.494. The molecule has 110 valence electrons. The van der Waals surface area contributed by atoms with Crippen LogP contribution in [0.3, 0.4) is 0 Å². The van der Waals surface area contributed by atoms with Crippen molar-refractivity contribution >= 4 is 5.69 Å². The summed E-state index contributed by atoms with van der Waals surface area (Å²) in [5.74, 6) is -3.62. The Morgan fingerprint density at radius 3 is 2.30 bits per heavy atom. The predicted molar refractivity (Wildman–Crippen MR) is 72.3 cm³/mol. The molecule has 1 N–H and O–H groups in total. The van der Waals surface area contributed by atoms with Crippen LogP contribution in [-0.2, 0) is 0 Å². The highest BCUT2D eigenvalue weighted by Gasteiger charge is 2.36. The van der Waals surface area contributed by atoms with Gasteiger partial charge in [-0.15, -0.1) is 0 Å². The van der Waals surface area contributed by atoms with E-state index in [0.29, 0.717) is 5.69 Å². The Morgan fingerprint density at radius 1 is 1.00 bits per heavy atom. The van der Waals surface area contributed by atoms with Crippen LogP contribution in [-0.4, -0.2) is 25.2 Å². The van der Waals surface area contributed by atoms with Crippen LogP contribution >= 0.6 is 0 Å². The standard InChI is InChI=1S/C15H19F3N2/c16-12-8-11(9-13(17)14(12)18)20-7-3-6-19-15(10-20)4-1-2-5-15/h8-9,19H,1-7,10H2. The van der Waals surface area contributed by atoms with Gasteiger partial charge in [-0.25, -0.2) is 13.2 Å². The van der Waals surface area contributed by atoms with E-state index in [-0.39, 0.29) is 5.54 Å². The van der Waals surface area contributed by atoms with Crippen LogP contribution in [0.5, 0.6) is 0 Å². The largest absolute Gasteiger partial charge is 0.369 e. The van der Waals surface area contributed by atoms with Crippen molar-refractivity contribution in [2.45, 2.75) is 37.6 Å². The zero-order valence-electron chi connectivity index (χ0n) is 11.4. The Hall–Kier alpha value is -1.23. The van der Waals surface area contributed by atoms with Gasteiger partial charge >= 0.3 is 0 Å². The number of benzene rings is 1. The van der Waals surface area contributed by atoms with Crippen molar-refractivity contribution in [2.75, 3.05) is 24.5 Å². The van der Waals surface area contributed by atoms with Crippen LogP contribution in [0.4, 0.5) is 18.9 Å². The lowest BCUT2D eigenvalue weighted by Gasteiger charge is -2.34. The molecule has 0 bridgehead atoms. The first-order valence-electron chi connectivity index (χ1n) is 7.24. The fraction of sp³-hybridized carbons (Fsp3) is 0.600. The molecule has 5 heteroatoms. The molecule has 1 aliphatic heterocycles. The number of nitrogens with zero attached hydrogens (tertiary/aromatic N) is 1. The van der Waals surface area contributed by atoms with E-state index >= 15 is 0 Å². The van der Waals surface area contributed by atoms with Gasteiger partial charge in [0.1, 0.15) is 0 Å². The van der Waals surface area contributed by atoms with E-state index in [9.17, 15) is 13.2 Å². The van der Waals surface area contributed by atoms with E-state index in [1.165, 1.54) is 12.8 Å². The van der Waals surface area contributed by atoms with Crippen molar-refractivity contribution in [3.05, 3.63) is 29.6 Å². The molecular formula is C15H19F3N2. The molecule has 0 aromatic heterocycles. The van der Waals surface area contributed by atoms with Crippen molar-refractivity contribution < 1.29 is 13.2 Å². The van der Waals surface area contributed by atoms with Gasteiger partial charge in [0.2, 0.25) is 0 Å². The van der Waals surface area contributed by atoms with E-state index in [1.54, 1.807) is 0 Å². The summed E-state index contributed by atoms with van der Waals surface area (Å²) in [4.78, 5) is 1.98. The van der Waals surface area contributed by atoms with Gasteiger partial charge in [-0.1, -0.05) is 12.8 Å². The molecule has 0 unspecified atom stereocenters. The minimum atomic E-state index is -1.39. The molecule has 1 aromatic rings. The first kappa shape index (κ1) is 13.7. The second-order valence-electron chi connectivity index (χ2n) is 5.91. The van der Waals surface area contributed by atoms with Crippen molar-refractivity contribution in [2.24, 2.45) is 0 Å². The van der Waals surface area contributed by atoms with E-state index in [0.717, 1.165) is 51.0 Å². The zero-order chi connectivity index (χ0) is 14.2. The Labute approximate surface area is 117 Å². The third-order valence-electron chi connectivity index (χ3n) is 4.49. The first-order valence-corrected chi connectivity index (χ1v) is 7.24. The number of anilines is 1. The molecule has 1 heterocycles. The summed E-state index contributed by atoms with van der Waals surface area (Å²) < 4.78 is 39.9. The molecule has 2 fully saturated rings. The van der Waals surface area contributed by atoms with E-state index in [4.69, 9.17) is 0 Å². The fourth-order valence-electron chi connectivity index (χ4n) is 3.46. The van der Waals surface area contributed by atoms with Crippen molar-refractivity contribution in [1.29, 1.82) is 0 Å². The first-order chi connectivity index (χ1) is 9.60. The van der Waals surface area contributed by atoms with Crippen LogP contribution in [0.1, 0.15) is 32.1 Å². The monoisotopic (exact) mass is 284 g/mol. The van der Waals surface area contributed by atoms with Crippen LogP contribution in [0.15, 0.2) is 12.1 Å². The number of halogens is 3. The number of hydrogen-bond acceptors (Lipinski definition) is 2. The minimum absolute atomic E-state index is 0.0534. The average Bonchev–Trinajstić information content (AvgIpc) is 2.76. The van der Waals surface area contributed by atoms with Gasteiger partial charge in [0, 0.05) is 36.4 Å². The number of hydrogen-bond donors (Lipinski definition) is 1. The van der Waals surface area contributed by atoms with Gasteiger partial charge in [-0.2, -0.15) is 0 Å². The second-order valence-corrected chi connectivity index (χ2v) is 5.91. The molecule has 0 radical (unpaired) electrons. The molecule has 20 heavy (non-hydrogen) atoms. The molecule has 1 aromatic carbocycles. The second kappa shape index (κ2) is 5.28. The van der Waals surface area contributed by atoms with Gasteiger partial charge in [0.15, 0.2) is 17.5 Å². The van der Waals surface area contributed by atoms with E-state index in [1.807, 2.05) is 4.90 Å². The molecule has 1 saturated carbocycles. The van der Waals surface area contributed by atoms with E-state index < -0.39 is 17.5 Å². The van der Waals surface area contributed by atoms with Crippen molar-refractivity contribution in [1.82, 2.24) is 5.32 Å². The summed E-state index contributed by atoms with van der Waals surface area (Å²) in [6.07, 6.45) is 5.48. The van der Waals surface area contributed by atoms with Gasteiger partial charge in [0.25, 0.3) is 0 Å². The smallest absolute Gasteiger partial charge is 0.194 e.